The fraction of sp³-hybridized carbons (Fsp3) is 0.500. The molecule has 0 aliphatic heterocycles. The highest BCUT2D eigenvalue weighted by Gasteiger charge is 2.01. The molecule has 0 saturated heterocycles. The molecule has 0 spiro atoms. The van der Waals surface area contributed by atoms with Crippen LogP contribution in [0.15, 0.2) is 10.7 Å². The average Bonchev–Trinajstić information content (AvgIpc) is 1.65. The van der Waals surface area contributed by atoms with E-state index in [0.29, 0.717) is 0 Å². The van der Waals surface area contributed by atoms with Crippen molar-refractivity contribution in [1.29, 1.82) is 0 Å². The van der Waals surface area contributed by atoms with Crippen LogP contribution in [0.5, 0.6) is 0 Å². The van der Waals surface area contributed by atoms with Crippen LogP contribution in [0.2, 0.25) is 6.55 Å². The Labute approximate surface area is 54.2 Å². The fourth-order valence-corrected chi connectivity index (χ4v) is 0.944. The zero-order valence-electron chi connectivity index (χ0n) is 4.57. The second-order valence-electron chi connectivity index (χ2n) is 1.32. The summed E-state index contributed by atoms with van der Waals surface area (Å²) in [7, 11) is 0.679. The Bertz CT molecular complexity index is 74.1. The highest BCUT2D eigenvalue weighted by atomic mass is 79.9. The van der Waals surface area contributed by atoms with Crippen molar-refractivity contribution >= 4 is 25.0 Å². The molecule has 0 aromatic rings. The van der Waals surface area contributed by atoms with Gasteiger partial charge in [0.2, 0.25) is 9.04 Å². The lowest BCUT2D eigenvalue weighted by Crippen LogP contribution is -2.08. The van der Waals surface area contributed by atoms with E-state index in [9.17, 15) is 0 Å². The minimum absolute atomic E-state index is 1.02. The van der Waals surface area contributed by atoms with Crippen molar-refractivity contribution in [3.63, 3.8) is 0 Å². The molecule has 0 saturated carbocycles. The molecule has 1 unspecified atom stereocenters. The van der Waals surface area contributed by atoms with Gasteiger partial charge in [-0.1, -0.05) is 22.5 Å². The number of halogens is 1. The van der Waals surface area contributed by atoms with Crippen LogP contribution >= 0.6 is 15.9 Å². The van der Waals surface area contributed by atoms with E-state index >= 15 is 0 Å². The Morgan fingerprint density at radius 2 is 2.29 bits per heavy atom. The zero-order chi connectivity index (χ0) is 5.86. The van der Waals surface area contributed by atoms with Crippen molar-refractivity contribution in [3.05, 3.63) is 10.7 Å². The lowest BCUT2D eigenvalue weighted by atomic mass is 11.3. The van der Waals surface area contributed by atoms with E-state index in [4.69, 9.17) is 4.43 Å². The minimum atomic E-state index is -1.03. The molecule has 0 aliphatic carbocycles. The van der Waals surface area contributed by atoms with Gasteiger partial charge in [-0.2, -0.15) is 0 Å². The van der Waals surface area contributed by atoms with Crippen LogP contribution in [-0.2, 0) is 4.43 Å². The number of hydrogen-bond donors (Lipinski definition) is 0. The maximum absolute atomic E-state index is 5.00. The molecule has 3 heteroatoms. The van der Waals surface area contributed by atoms with Crippen molar-refractivity contribution in [2.24, 2.45) is 0 Å². The molecule has 42 valence electrons. The van der Waals surface area contributed by atoms with Gasteiger partial charge in [-0.3, -0.25) is 0 Å². The highest BCUT2D eigenvalue weighted by molar-refractivity contribution is 9.12. The van der Waals surface area contributed by atoms with Gasteiger partial charge in [0.15, 0.2) is 0 Å². The predicted octanol–water partition coefficient (Wildman–Crippen LogP) is 1.43. The maximum atomic E-state index is 5.00. The first-order valence-corrected chi connectivity index (χ1v) is 5.05. The molecular formula is C4H9BrOSi. The van der Waals surface area contributed by atoms with Crippen LogP contribution in [0, 0.1) is 0 Å². The van der Waals surface area contributed by atoms with Gasteiger partial charge in [-0.05, 0) is 6.55 Å². The summed E-state index contributed by atoms with van der Waals surface area (Å²) in [5.74, 6) is 0. The van der Waals surface area contributed by atoms with E-state index in [1.165, 1.54) is 0 Å². The summed E-state index contributed by atoms with van der Waals surface area (Å²) in [6.45, 7) is 5.75. The maximum Gasteiger partial charge on any atom is 0.210 e. The van der Waals surface area contributed by atoms with Crippen molar-refractivity contribution in [2.45, 2.75) is 6.55 Å². The molecule has 7 heavy (non-hydrogen) atoms. The van der Waals surface area contributed by atoms with Crippen LogP contribution in [0.1, 0.15) is 0 Å². The molecule has 0 rings (SSSR count). The molecule has 0 amide bonds. The Morgan fingerprint density at radius 1 is 1.86 bits per heavy atom. The van der Waals surface area contributed by atoms with E-state index in [1.54, 1.807) is 7.11 Å². The molecule has 0 radical (unpaired) electrons. The van der Waals surface area contributed by atoms with Crippen molar-refractivity contribution < 1.29 is 4.43 Å². The second kappa shape index (κ2) is 3.41. The first kappa shape index (κ1) is 7.40. The third kappa shape index (κ3) is 3.02. The van der Waals surface area contributed by atoms with Gasteiger partial charge in [-0.15, -0.1) is 0 Å². The van der Waals surface area contributed by atoms with E-state index in [-0.39, 0.29) is 0 Å². The topological polar surface area (TPSA) is 9.23 Å². The molecule has 0 N–H and O–H groups in total. The summed E-state index contributed by atoms with van der Waals surface area (Å²) < 4.78 is 6.03. The van der Waals surface area contributed by atoms with Gasteiger partial charge in [0, 0.05) is 11.2 Å². The molecule has 0 aromatic heterocycles. The summed E-state index contributed by atoms with van der Waals surface area (Å²) in [6, 6.07) is 0. The quantitative estimate of drug-likeness (QED) is 0.585. The summed E-state index contributed by atoms with van der Waals surface area (Å²) >= 11 is 3.24. The van der Waals surface area contributed by atoms with E-state index < -0.39 is 9.04 Å². The molecule has 1 nitrogen and oxygen atoms in total. The molecule has 0 bridgehead atoms. The summed E-state index contributed by atoms with van der Waals surface area (Å²) in [4.78, 5) is 0. The fourth-order valence-electron chi connectivity index (χ4n) is 0.128. The van der Waals surface area contributed by atoms with Gasteiger partial charge in [-0.25, -0.2) is 0 Å². The van der Waals surface area contributed by atoms with E-state index in [0.717, 1.165) is 4.11 Å². The monoisotopic (exact) mass is 180 g/mol. The van der Waals surface area contributed by atoms with Crippen LogP contribution in [0.4, 0.5) is 0 Å². The molecule has 0 heterocycles. The van der Waals surface area contributed by atoms with Crippen LogP contribution in [0.3, 0.4) is 0 Å². The van der Waals surface area contributed by atoms with Gasteiger partial charge >= 0.3 is 0 Å². The summed E-state index contributed by atoms with van der Waals surface area (Å²) in [6.07, 6.45) is 0. The van der Waals surface area contributed by atoms with E-state index in [1.807, 2.05) is 0 Å². The molecular weight excluding hydrogens is 172 g/mol. The zero-order valence-corrected chi connectivity index (χ0v) is 7.31. The lowest BCUT2D eigenvalue weighted by Gasteiger charge is -2.01. The van der Waals surface area contributed by atoms with Crippen molar-refractivity contribution in [2.75, 3.05) is 7.11 Å². The van der Waals surface area contributed by atoms with Gasteiger partial charge in [0.1, 0.15) is 0 Å². The van der Waals surface area contributed by atoms with E-state index in [2.05, 4.69) is 29.1 Å². The Balaban J connectivity index is 3.34. The third-order valence-corrected chi connectivity index (χ3v) is 4.32. The van der Waals surface area contributed by atoms with Crippen LogP contribution in [-0.4, -0.2) is 16.2 Å². The van der Waals surface area contributed by atoms with Gasteiger partial charge < -0.3 is 4.43 Å². The molecule has 0 fully saturated rings. The molecule has 1 atom stereocenters. The molecule has 0 aromatic carbocycles. The van der Waals surface area contributed by atoms with Crippen molar-refractivity contribution in [1.82, 2.24) is 0 Å². The summed E-state index contributed by atoms with van der Waals surface area (Å²) in [5, 5.41) is 0. The SMILES string of the molecule is C=C(Br)[SiH](C)OC. The highest BCUT2D eigenvalue weighted by Crippen LogP contribution is 2.04. The standard InChI is InChI=1S/C4H9BrOSi/c1-4(5)7(3)6-2/h7H,1H2,2-3H3. The number of rotatable bonds is 2. The Kier molecular flexibility index (Phi) is 3.60. The molecule has 0 aliphatic rings. The minimum Gasteiger partial charge on any atom is -0.418 e. The first-order chi connectivity index (χ1) is 3.18. The van der Waals surface area contributed by atoms with Gasteiger partial charge in [0.05, 0.1) is 0 Å². The van der Waals surface area contributed by atoms with Gasteiger partial charge in [0.25, 0.3) is 0 Å². The smallest absolute Gasteiger partial charge is 0.210 e. The second-order valence-corrected chi connectivity index (χ2v) is 5.64. The average molecular weight is 181 g/mol. The predicted molar refractivity (Wildman–Crippen MR) is 38.1 cm³/mol. The first-order valence-electron chi connectivity index (χ1n) is 2.05. The Hall–Kier alpha value is 0.397. The number of hydrogen-bond acceptors (Lipinski definition) is 1. The normalized spacial score (nSPS) is 13.6. The van der Waals surface area contributed by atoms with Crippen LogP contribution < -0.4 is 0 Å². The Morgan fingerprint density at radius 3 is 2.29 bits per heavy atom. The lowest BCUT2D eigenvalue weighted by molar-refractivity contribution is 0.433. The van der Waals surface area contributed by atoms with Crippen LogP contribution in [0.25, 0.3) is 0 Å². The summed E-state index contributed by atoms with van der Waals surface area (Å²) in [5.41, 5.74) is 0. The van der Waals surface area contributed by atoms with Crippen molar-refractivity contribution in [3.8, 4) is 0 Å². The largest absolute Gasteiger partial charge is 0.418 e. The third-order valence-electron chi connectivity index (χ3n) is 0.795.